The molecule has 0 heterocycles. The molecule has 2 aromatic rings. The summed E-state index contributed by atoms with van der Waals surface area (Å²) >= 11 is 0. The molecule has 1 unspecified atom stereocenters. The molecule has 0 N–H and O–H groups in total. The fraction of sp³-hybridized carbons (Fsp3) is 0.444. The summed E-state index contributed by atoms with van der Waals surface area (Å²) in [6, 6.07) is 15.6. The first-order valence-corrected chi connectivity index (χ1v) is 7.01. The second-order valence-electron chi connectivity index (χ2n) is 6.31. The van der Waals surface area contributed by atoms with Crippen molar-refractivity contribution in [1.82, 2.24) is 0 Å². The minimum Gasteiger partial charge on any atom is -0.0654 e. The van der Waals surface area contributed by atoms with Gasteiger partial charge in [-0.3, -0.25) is 0 Å². The topological polar surface area (TPSA) is 0 Å². The highest BCUT2D eigenvalue weighted by molar-refractivity contribution is 5.83. The van der Waals surface area contributed by atoms with Gasteiger partial charge < -0.3 is 0 Å². The molecule has 0 spiro atoms. The standard InChI is InChI=1S/C18H24/c1-5-8-17(18(2,3)4)16-12-11-14-9-6-7-10-15(14)13-16/h6-7,9-13,17H,5,8H2,1-4H3. The van der Waals surface area contributed by atoms with E-state index in [0.29, 0.717) is 11.3 Å². The maximum atomic E-state index is 2.38. The maximum absolute atomic E-state index is 2.38. The Morgan fingerprint density at radius 2 is 1.61 bits per heavy atom. The molecule has 0 aromatic heterocycles. The van der Waals surface area contributed by atoms with E-state index in [1.165, 1.54) is 29.2 Å². The zero-order valence-corrected chi connectivity index (χ0v) is 12.0. The van der Waals surface area contributed by atoms with Gasteiger partial charge in [-0.25, -0.2) is 0 Å². The average molecular weight is 240 g/mol. The monoisotopic (exact) mass is 240 g/mol. The Bertz CT molecular complexity index is 517. The third-order valence-electron chi connectivity index (χ3n) is 3.80. The van der Waals surface area contributed by atoms with E-state index in [0.717, 1.165) is 0 Å². The van der Waals surface area contributed by atoms with E-state index in [2.05, 4.69) is 70.2 Å². The van der Waals surface area contributed by atoms with Crippen LogP contribution in [0.1, 0.15) is 52.0 Å². The van der Waals surface area contributed by atoms with Crippen molar-refractivity contribution in [2.75, 3.05) is 0 Å². The van der Waals surface area contributed by atoms with Crippen LogP contribution in [-0.4, -0.2) is 0 Å². The largest absolute Gasteiger partial charge is 0.0654 e. The minimum absolute atomic E-state index is 0.332. The summed E-state index contributed by atoms with van der Waals surface area (Å²) in [7, 11) is 0. The molecular formula is C18H24. The Morgan fingerprint density at radius 3 is 2.22 bits per heavy atom. The number of hydrogen-bond donors (Lipinski definition) is 0. The molecular weight excluding hydrogens is 216 g/mol. The van der Waals surface area contributed by atoms with Crippen molar-refractivity contribution in [3.8, 4) is 0 Å². The van der Waals surface area contributed by atoms with Gasteiger partial charge in [0.15, 0.2) is 0 Å². The predicted molar refractivity (Wildman–Crippen MR) is 81.1 cm³/mol. The number of fused-ring (bicyclic) bond motifs is 1. The highest BCUT2D eigenvalue weighted by atomic mass is 14.3. The van der Waals surface area contributed by atoms with E-state index in [1.54, 1.807) is 0 Å². The maximum Gasteiger partial charge on any atom is -0.0113 e. The molecule has 0 aliphatic heterocycles. The van der Waals surface area contributed by atoms with Crippen molar-refractivity contribution < 1.29 is 0 Å². The van der Waals surface area contributed by atoms with Crippen molar-refractivity contribution in [2.24, 2.45) is 5.41 Å². The summed E-state index contributed by atoms with van der Waals surface area (Å²) in [5.41, 5.74) is 1.82. The Hall–Kier alpha value is -1.30. The summed E-state index contributed by atoms with van der Waals surface area (Å²) in [5, 5.41) is 2.70. The molecule has 0 fully saturated rings. The fourth-order valence-electron chi connectivity index (χ4n) is 2.81. The normalized spacial score (nSPS) is 13.8. The van der Waals surface area contributed by atoms with Gasteiger partial charge in [0.05, 0.1) is 0 Å². The van der Waals surface area contributed by atoms with Crippen molar-refractivity contribution in [3.05, 3.63) is 48.0 Å². The lowest BCUT2D eigenvalue weighted by atomic mass is 9.74. The van der Waals surface area contributed by atoms with Gasteiger partial charge in [0.2, 0.25) is 0 Å². The van der Waals surface area contributed by atoms with E-state index < -0.39 is 0 Å². The van der Waals surface area contributed by atoms with Gasteiger partial charge in [0.1, 0.15) is 0 Å². The summed E-state index contributed by atoms with van der Waals surface area (Å²) in [5.74, 6) is 0.645. The number of hydrogen-bond acceptors (Lipinski definition) is 0. The van der Waals surface area contributed by atoms with Gasteiger partial charge in [0, 0.05) is 0 Å². The first-order chi connectivity index (χ1) is 8.52. The summed E-state index contributed by atoms with van der Waals surface area (Å²) in [4.78, 5) is 0. The molecule has 96 valence electrons. The third-order valence-corrected chi connectivity index (χ3v) is 3.80. The molecule has 0 nitrogen and oxygen atoms in total. The molecule has 0 heteroatoms. The van der Waals surface area contributed by atoms with E-state index in [1.807, 2.05) is 0 Å². The minimum atomic E-state index is 0.332. The van der Waals surface area contributed by atoms with Crippen LogP contribution in [0.25, 0.3) is 10.8 Å². The van der Waals surface area contributed by atoms with E-state index >= 15 is 0 Å². The smallest absolute Gasteiger partial charge is 0.0113 e. The quantitative estimate of drug-likeness (QED) is 0.639. The zero-order chi connectivity index (χ0) is 13.2. The van der Waals surface area contributed by atoms with Crippen LogP contribution < -0.4 is 0 Å². The van der Waals surface area contributed by atoms with Crippen LogP contribution in [0.15, 0.2) is 42.5 Å². The third kappa shape index (κ3) is 2.75. The van der Waals surface area contributed by atoms with Crippen LogP contribution in [0.4, 0.5) is 0 Å². The number of rotatable bonds is 3. The first-order valence-electron chi connectivity index (χ1n) is 7.01. The predicted octanol–water partition coefficient (Wildman–Crippen LogP) is 5.77. The highest BCUT2D eigenvalue weighted by Crippen LogP contribution is 2.39. The number of benzene rings is 2. The molecule has 0 amide bonds. The van der Waals surface area contributed by atoms with Crippen LogP contribution in [0.2, 0.25) is 0 Å². The lowest BCUT2D eigenvalue weighted by Crippen LogP contribution is -2.18. The van der Waals surface area contributed by atoms with Gasteiger partial charge in [-0.15, -0.1) is 0 Å². The van der Waals surface area contributed by atoms with Gasteiger partial charge in [-0.05, 0) is 34.1 Å². The fourth-order valence-corrected chi connectivity index (χ4v) is 2.81. The second kappa shape index (κ2) is 5.14. The van der Waals surface area contributed by atoms with E-state index in [-0.39, 0.29) is 0 Å². The van der Waals surface area contributed by atoms with Gasteiger partial charge in [-0.1, -0.05) is 76.6 Å². The van der Waals surface area contributed by atoms with Crippen LogP contribution in [-0.2, 0) is 0 Å². The Labute approximate surface area is 111 Å². The molecule has 0 aliphatic rings. The van der Waals surface area contributed by atoms with Crippen molar-refractivity contribution in [1.29, 1.82) is 0 Å². The Kier molecular flexibility index (Phi) is 3.75. The lowest BCUT2D eigenvalue weighted by molar-refractivity contribution is 0.303. The second-order valence-corrected chi connectivity index (χ2v) is 6.31. The zero-order valence-electron chi connectivity index (χ0n) is 12.0. The van der Waals surface area contributed by atoms with Crippen molar-refractivity contribution in [3.63, 3.8) is 0 Å². The SMILES string of the molecule is CCCC(c1ccc2ccccc2c1)C(C)(C)C. The van der Waals surface area contributed by atoms with Gasteiger partial charge in [0.25, 0.3) is 0 Å². The Morgan fingerprint density at radius 1 is 0.944 bits per heavy atom. The van der Waals surface area contributed by atoms with Crippen LogP contribution in [0.5, 0.6) is 0 Å². The average Bonchev–Trinajstić information content (AvgIpc) is 2.34. The van der Waals surface area contributed by atoms with Crippen LogP contribution >= 0.6 is 0 Å². The molecule has 0 radical (unpaired) electrons. The van der Waals surface area contributed by atoms with Crippen LogP contribution in [0, 0.1) is 5.41 Å². The molecule has 1 atom stereocenters. The highest BCUT2D eigenvalue weighted by Gasteiger charge is 2.25. The lowest BCUT2D eigenvalue weighted by Gasteiger charge is -2.31. The summed E-state index contributed by atoms with van der Waals surface area (Å²) in [6.45, 7) is 9.33. The molecule has 18 heavy (non-hydrogen) atoms. The molecule has 2 rings (SSSR count). The molecule has 0 bridgehead atoms. The van der Waals surface area contributed by atoms with E-state index in [4.69, 9.17) is 0 Å². The molecule has 0 saturated carbocycles. The molecule has 2 aromatic carbocycles. The van der Waals surface area contributed by atoms with Crippen molar-refractivity contribution in [2.45, 2.75) is 46.5 Å². The molecule has 0 saturated heterocycles. The van der Waals surface area contributed by atoms with Gasteiger partial charge >= 0.3 is 0 Å². The van der Waals surface area contributed by atoms with Crippen molar-refractivity contribution >= 4 is 10.8 Å². The summed E-state index contributed by atoms with van der Waals surface area (Å²) < 4.78 is 0. The van der Waals surface area contributed by atoms with Crippen LogP contribution in [0.3, 0.4) is 0 Å². The summed E-state index contributed by atoms with van der Waals surface area (Å²) in [6.07, 6.45) is 2.51. The molecule has 0 aliphatic carbocycles. The van der Waals surface area contributed by atoms with E-state index in [9.17, 15) is 0 Å². The first kappa shape index (κ1) is 13.1. The van der Waals surface area contributed by atoms with Gasteiger partial charge in [-0.2, -0.15) is 0 Å². The Balaban J connectivity index is 2.44.